The van der Waals surface area contributed by atoms with Crippen molar-refractivity contribution in [1.82, 2.24) is 4.57 Å². The summed E-state index contributed by atoms with van der Waals surface area (Å²) in [6, 6.07) is 15.6. The molecule has 1 aromatic heterocycles. The van der Waals surface area contributed by atoms with E-state index in [-0.39, 0.29) is 5.91 Å². The van der Waals surface area contributed by atoms with Crippen molar-refractivity contribution >= 4 is 34.3 Å². The fourth-order valence-corrected chi connectivity index (χ4v) is 2.79. The Kier molecular flexibility index (Phi) is 3.71. The molecular formula is C17H16N2OS. The van der Waals surface area contributed by atoms with E-state index in [9.17, 15) is 4.79 Å². The summed E-state index contributed by atoms with van der Waals surface area (Å²) in [5.74, 6) is -0.0843. The number of aryl methyl sites for hydroxylation is 1. The minimum Gasteiger partial charge on any atom is -0.351 e. The lowest BCUT2D eigenvalue weighted by molar-refractivity contribution is 0.102. The van der Waals surface area contributed by atoms with Crippen LogP contribution in [0.5, 0.6) is 0 Å². The average Bonchev–Trinajstić information content (AvgIpc) is 2.88. The average molecular weight is 296 g/mol. The van der Waals surface area contributed by atoms with Crippen LogP contribution in [0, 0.1) is 0 Å². The summed E-state index contributed by atoms with van der Waals surface area (Å²) in [5, 5.41) is 4.02. The Morgan fingerprint density at radius 1 is 1.14 bits per heavy atom. The number of carbonyl (C=O) groups is 1. The number of rotatable bonds is 3. The van der Waals surface area contributed by atoms with Crippen molar-refractivity contribution < 1.29 is 4.79 Å². The quantitative estimate of drug-likeness (QED) is 0.737. The molecule has 3 nitrogen and oxygen atoms in total. The van der Waals surface area contributed by atoms with Gasteiger partial charge in [0, 0.05) is 40.3 Å². The Hall–Kier alpha value is -2.20. The van der Waals surface area contributed by atoms with E-state index in [0.717, 1.165) is 21.5 Å². The van der Waals surface area contributed by atoms with E-state index in [1.165, 1.54) is 0 Å². The maximum Gasteiger partial charge on any atom is 0.255 e. The van der Waals surface area contributed by atoms with Gasteiger partial charge in [-0.1, -0.05) is 6.07 Å². The lowest BCUT2D eigenvalue weighted by Crippen LogP contribution is -2.11. The van der Waals surface area contributed by atoms with Crippen molar-refractivity contribution in [2.75, 3.05) is 11.6 Å². The van der Waals surface area contributed by atoms with Crippen LogP contribution in [-0.4, -0.2) is 16.7 Å². The second-order valence-corrected chi connectivity index (χ2v) is 5.77. The second-order valence-electron chi connectivity index (χ2n) is 4.89. The highest BCUT2D eigenvalue weighted by molar-refractivity contribution is 7.98. The summed E-state index contributed by atoms with van der Waals surface area (Å²) in [6.45, 7) is 0. The summed E-state index contributed by atoms with van der Waals surface area (Å²) >= 11 is 1.66. The molecular weight excluding hydrogens is 280 g/mol. The van der Waals surface area contributed by atoms with Gasteiger partial charge in [-0.05, 0) is 48.7 Å². The van der Waals surface area contributed by atoms with E-state index in [2.05, 4.69) is 5.32 Å². The molecule has 0 spiro atoms. The van der Waals surface area contributed by atoms with Gasteiger partial charge in [0.25, 0.3) is 5.91 Å². The first kappa shape index (κ1) is 13.8. The Morgan fingerprint density at radius 2 is 2.00 bits per heavy atom. The van der Waals surface area contributed by atoms with Crippen LogP contribution in [0.1, 0.15) is 10.4 Å². The molecule has 0 fully saturated rings. The minimum atomic E-state index is -0.0843. The van der Waals surface area contributed by atoms with Crippen LogP contribution in [0.4, 0.5) is 5.69 Å². The molecule has 0 aliphatic heterocycles. The predicted molar refractivity (Wildman–Crippen MR) is 89.1 cm³/mol. The van der Waals surface area contributed by atoms with Gasteiger partial charge in [-0.3, -0.25) is 4.79 Å². The third kappa shape index (κ3) is 2.81. The van der Waals surface area contributed by atoms with Gasteiger partial charge in [-0.15, -0.1) is 11.8 Å². The number of hydrogen-bond acceptors (Lipinski definition) is 2. The number of hydrogen-bond donors (Lipinski definition) is 1. The van der Waals surface area contributed by atoms with Gasteiger partial charge in [-0.25, -0.2) is 0 Å². The van der Waals surface area contributed by atoms with Crippen LogP contribution in [0.25, 0.3) is 10.9 Å². The van der Waals surface area contributed by atoms with Gasteiger partial charge >= 0.3 is 0 Å². The fourth-order valence-electron chi connectivity index (χ4n) is 2.33. The zero-order valence-electron chi connectivity index (χ0n) is 12.0. The number of benzene rings is 2. The first-order chi connectivity index (χ1) is 10.2. The first-order valence-electron chi connectivity index (χ1n) is 6.68. The molecule has 2 aromatic carbocycles. The molecule has 0 aliphatic rings. The van der Waals surface area contributed by atoms with Crippen molar-refractivity contribution in [3.05, 3.63) is 60.3 Å². The van der Waals surface area contributed by atoms with Crippen LogP contribution in [0.3, 0.4) is 0 Å². The third-order valence-corrected chi connectivity index (χ3v) is 4.20. The summed E-state index contributed by atoms with van der Waals surface area (Å²) in [4.78, 5) is 13.5. The molecule has 0 saturated carbocycles. The zero-order chi connectivity index (χ0) is 14.8. The zero-order valence-corrected chi connectivity index (χ0v) is 12.8. The highest BCUT2D eigenvalue weighted by Crippen LogP contribution is 2.21. The Labute approximate surface area is 128 Å². The second kappa shape index (κ2) is 5.66. The number of carbonyl (C=O) groups excluding carboxylic acids is 1. The number of thioether (sulfide) groups is 1. The van der Waals surface area contributed by atoms with Gasteiger partial charge < -0.3 is 9.88 Å². The molecule has 0 bridgehead atoms. The van der Waals surface area contributed by atoms with Crippen LogP contribution in [-0.2, 0) is 7.05 Å². The monoisotopic (exact) mass is 296 g/mol. The number of anilines is 1. The summed E-state index contributed by atoms with van der Waals surface area (Å²) in [5.41, 5.74) is 2.61. The van der Waals surface area contributed by atoms with Crippen molar-refractivity contribution in [2.24, 2.45) is 7.05 Å². The molecule has 0 saturated heterocycles. The number of fused-ring (bicyclic) bond motifs is 1. The maximum atomic E-state index is 12.3. The molecule has 1 heterocycles. The van der Waals surface area contributed by atoms with Crippen LogP contribution >= 0.6 is 11.8 Å². The Balaban J connectivity index is 1.86. The van der Waals surface area contributed by atoms with Gasteiger partial charge in [0.05, 0.1) is 0 Å². The molecule has 0 aliphatic carbocycles. The van der Waals surface area contributed by atoms with Gasteiger partial charge in [0.1, 0.15) is 0 Å². The predicted octanol–water partition coefficient (Wildman–Crippen LogP) is 4.15. The smallest absolute Gasteiger partial charge is 0.255 e. The fraction of sp³-hybridized carbons (Fsp3) is 0.118. The third-order valence-electron chi connectivity index (χ3n) is 3.48. The van der Waals surface area contributed by atoms with Crippen molar-refractivity contribution in [3.8, 4) is 0 Å². The summed E-state index contributed by atoms with van der Waals surface area (Å²) in [6.07, 6.45) is 4.01. The molecule has 1 amide bonds. The highest BCUT2D eigenvalue weighted by atomic mass is 32.2. The van der Waals surface area contributed by atoms with Crippen LogP contribution < -0.4 is 5.32 Å². The van der Waals surface area contributed by atoms with Crippen LogP contribution in [0.2, 0.25) is 0 Å². The number of nitrogens with zero attached hydrogens (tertiary/aromatic N) is 1. The molecule has 3 rings (SSSR count). The topological polar surface area (TPSA) is 34.0 Å². The van der Waals surface area contributed by atoms with Crippen molar-refractivity contribution in [1.29, 1.82) is 0 Å². The van der Waals surface area contributed by atoms with Gasteiger partial charge in [0.15, 0.2) is 0 Å². The molecule has 1 N–H and O–H groups in total. The van der Waals surface area contributed by atoms with Crippen molar-refractivity contribution in [2.45, 2.75) is 4.90 Å². The molecule has 0 atom stereocenters. The van der Waals surface area contributed by atoms with E-state index in [4.69, 9.17) is 0 Å². The first-order valence-corrected chi connectivity index (χ1v) is 7.90. The van der Waals surface area contributed by atoms with Crippen LogP contribution in [0.15, 0.2) is 59.6 Å². The lowest BCUT2D eigenvalue weighted by atomic mass is 10.1. The van der Waals surface area contributed by atoms with E-state index in [1.807, 2.05) is 72.6 Å². The normalized spacial score (nSPS) is 10.8. The molecule has 0 unspecified atom stereocenters. The number of aromatic nitrogens is 1. The molecule has 3 aromatic rings. The molecule has 4 heteroatoms. The van der Waals surface area contributed by atoms with E-state index in [1.54, 1.807) is 11.8 Å². The molecule has 21 heavy (non-hydrogen) atoms. The number of nitrogens with one attached hydrogen (secondary N) is 1. The largest absolute Gasteiger partial charge is 0.351 e. The lowest BCUT2D eigenvalue weighted by Gasteiger charge is -2.07. The molecule has 106 valence electrons. The SMILES string of the molecule is CSc1cccc(NC(=O)c2ccc3c(ccn3C)c2)c1. The van der Waals surface area contributed by atoms with E-state index >= 15 is 0 Å². The Bertz CT molecular complexity index is 807. The van der Waals surface area contributed by atoms with E-state index in [0.29, 0.717) is 5.56 Å². The number of amides is 1. The molecule has 0 radical (unpaired) electrons. The van der Waals surface area contributed by atoms with Gasteiger partial charge in [-0.2, -0.15) is 0 Å². The van der Waals surface area contributed by atoms with E-state index < -0.39 is 0 Å². The van der Waals surface area contributed by atoms with Crippen molar-refractivity contribution in [3.63, 3.8) is 0 Å². The minimum absolute atomic E-state index is 0.0843. The summed E-state index contributed by atoms with van der Waals surface area (Å²) < 4.78 is 2.04. The highest BCUT2D eigenvalue weighted by Gasteiger charge is 2.08. The standard InChI is InChI=1S/C17H16N2OS/c1-19-9-8-12-10-13(6-7-16(12)19)17(20)18-14-4-3-5-15(11-14)21-2/h3-11H,1-2H3,(H,18,20). The van der Waals surface area contributed by atoms with Gasteiger partial charge in [0.2, 0.25) is 0 Å². The summed E-state index contributed by atoms with van der Waals surface area (Å²) in [7, 11) is 2.00. The maximum absolute atomic E-state index is 12.3. The Morgan fingerprint density at radius 3 is 2.81 bits per heavy atom.